The van der Waals surface area contributed by atoms with Crippen molar-refractivity contribution in [1.29, 1.82) is 0 Å². The van der Waals surface area contributed by atoms with Gasteiger partial charge in [-0.3, -0.25) is 9.59 Å². The van der Waals surface area contributed by atoms with Crippen LogP contribution in [-0.2, 0) is 14.2 Å². The zero-order valence-corrected chi connectivity index (χ0v) is 15.5. The number of methoxy groups -OCH3 is 2. The first kappa shape index (κ1) is 21.9. The van der Waals surface area contributed by atoms with E-state index in [0.717, 1.165) is 5.56 Å². The van der Waals surface area contributed by atoms with Crippen LogP contribution in [0.15, 0.2) is 36.4 Å². The third-order valence-electron chi connectivity index (χ3n) is 4.10. The molecule has 0 spiro atoms. The molecule has 152 valence electrons. The lowest BCUT2D eigenvalue weighted by Gasteiger charge is -2.10. The van der Waals surface area contributed by atoms with Crippen molar-refractivity contribution < 1.29 is 43.6 Å². The van der Waals surface area contributed by atoms with E-state index >= 15 is 0 Å². The number of carbonyl (C=O) groups excluding carboxylic acids is 2. The summed E-state index contributed by atoms with van der Waals surface area (Å²) in [5.74, 6) is -2.10. The van der Waals surface area contributed by atoms with Gasteiger partial charge < -0.3 is 24.4 Å². The van der Waals surface area contributed by atoms with Crippen molar-refractivity contribution >= 4 is 24.5 Å². The molecule has 0 aromatic heterocycles. The van der Waals surface area contributed by atoms with Gasteiger partial charge in [-0.25, -0.2) is 9.59 Å². The largest absolute Gasteiger partial charge is 0.478 e. The molecule has 1 aliphatic rings. The van der Waals surface area contributed by atoms with Crippen LogP contribution in [0.3, 0.4) is 0 Å². The van der Waals surface area contributed by atoms with Crippen molar-refractivity contribution in [3.05, 3.63) is 69.8 Å². The summed E-state index contributed by atoms with van der Waals surface area (Å²) in [6.07, 6.45) is -0.104. The minimum Gasteiger partial charge on any atom is -0.478 e. The van der Waals surface area contributed by atoms with Crippen LogP contribution in [-0.4, -0.2) is 48.9 Å². The van der Waals surface area contributed by atoms with E-state index in [1.54, 1.807) is 12.1 Å². The number of fused-ring (bicyclic) bond motifs is 1. The molecule has 2 aromatic carbocycles. The summed E-state index contributed by atoms with van der Waals surface area (Å²) in [6, 6.07) is 8.50. The first-order valence-corrected chi connectivity index (χ1v) is 8.22. The Hall–Kier alpha value is -3.40. The number of aromatic carboxylic acids is 2. The maximum absolute atomic E-state index is 10.8. The highest BCUT2D eigenvalue weighted by Crippen LogP contribution is 2.39. The zero-order valence-electron chi connectivity index (χ0n) is 15.5. The van der Waals surface area contributed by atoms with E-state index < -0.39 is 24.5 Å². The highest BCUT2D eigenvalue weighted by atomic mass is 16.8. The first-order valence-electron chi connectivity index (χ1n) is 8.22. The van der Waals surface area contributed by atoms with Gasteiger partial charge in [-0.15, -0.1) is 0 Å². The Balaban J connectivity index is 0.000000212. The topological polar surface area (TPSA) is 136 Å². The number of benzene rings is 2. The molecule has 9 heteroatoms. The van der Waals surface area contributed by atoms with E-state index in [4.69, 9.17) is 24.4 Å². The fourth-order valence-electron chi connectivity index (χ4n) is 2.67. The fourth-order valence-corrected chi connectivity index (χ4v) is 2.67. The molecule has 0 saturated carbocycles. The SMILES string of the molecule is COC1OC(OC)c2cc(C(=O)O)ccc21.O=Cc1ccc(C(=O)O)cc1C=O. The van der Waals surface area contributed by atoms with E-state index in [2.05, 4.69) is 0 Å². The molecule has 0 fully saturated rings. The van der Waals surface area contributed by atoms with Crippen molar-refractivity contribution in [2.24, 2.45) is 0 Å². The number of aldehydes is 2. The van der Waals surface area contributed by atoms with Gasteiger partial charge >= 0.3 is 11.9 Å². The fraction of sp³-hybridized carbons (Fsp3) is 0.200. The van der Waals surface area contributed by atoms with Crippen molar-refractivity contribution in [2.45, 2.75) is 12.6 Å². The lowest BCUT2D eigenvalue weighted by atomic mass is 10.0. The lowest BCUT2D eigenvalue weighted by Crippen LogP contribution is -2.02. The second-order valence-corrected chi connectivity index (χ2v) is 5.80. The van der Waals surface area contributed by atoms with Gasteiger partial charge in [0, 0.05) is 36.5 Å². The summed E-state index contributed by atoms with van der Waals surface area (Å²) in [6.45, 7) is 0. The molecule has 3 rings (SSSR count). The molecular formula is C20H18O9. The van der Waals surface area contributed by atoms with Gasteiger partial charge in [-0.2, -0.15) is 0 Å². The molecule has 2 atom stereocenters. The van der Waals surface area contributed by atoms with Crippen LogP contribution >= 0.6 is 0 Å². The molecule has 0 bridgehead atoms. The predicted molar refractivity (Wildman–Crippen MR) is 98.2 cm³/mol. The Morgan fingerprint density at radius 1 is 0.828 bits per heavy atom. The second kappa shape index (κ2) is 9.69. The summed E-state index contributed by atoms with van der Waals surface area (Å²) in [7, 11) is 3.03. The van der Waals surface area contributed by atoms with Crippen molar-refractivity contribution in [2.75, 3.05) is 14.2 Å². The highest BCUT2D eigenvalue weighted by Gasteiger charge is 2.32. The van der Waals surface area contributed by atoms with Gasteiger partial charge in [0.25, 0.3) is 0 Å². The predicted octanol–water partition coefficient (Wildman–Crippen LogP) is 2.71. The number of rotatable bonds is 6. The second-order valence-electron chi connectivity index (χ2n) is 5.80. The summed E-state index contributed by atoms with van der Waals surface area (Å²) in [5.41, 5.74) is 2.00. The lowest BCUT2D eigenvalue weighted by molar-refractivity contribution is -0.217. The Bertz CT molecular complexity index is 936. The summed E-state index contributed by atoms with van der Waals surface area (Å²) < 4.78 is 15.7. The number of carboxylic acid groups (broad SMARTS) is 2. The zero-order chi connectivity index (χ0) is 21.6. The van der Waals surface area contributed by atoms with Crippen LogP contribution in [0.25, 0.3) is 0 Å². The average molecular weight is 402 g/mol. The normalized spacial score (nSPS) is 16.9. The van der Waals surface area contributed by atoms with Gasteiger partial charge in [-0.05, 0) is 24.3 Å². The Morgan fingerprint density at radius 3 is 1.86 bits per heavy atom. The maximum atomic E-state index is 10.8. The Labute approximate surface area is 165 Å². The van der Waals surface area contributed by atoms with E-state index in [1.165, 1.54) is 38.5 Å². The molecule has 2 N–H and O–H groups in total. The number of hydrogen-bond acceptors (Lipinski definition) is 7. The third kappa shape index (κ3) is 4.91. The van der Waals surface area contributed by atoms with Crippen LogP contribution in [0.4, 0.5) is 0 Å². The third-order valence-corrected chi connectivity index (χ3v) is 4.10. The number of carboxylic acids is 2. The smallest absolute Gasteiger partial charge is 0.335 e. The van der Waals surface area contributed by atoms with Crippen LogP contribution < -0.4 is 0 Å². The van der Waals surface area contributed by atoms with E-state index in [0.29, 0.717) is 18.1 Å². The monoisotopic (exact) mass is 402 g/mol. The van der Waals surface area contributed by atoms with Crippen LogP contribution in [0, 0.1) is 0 Å². The standard InChI is InChI=1S/C11H12O5.C9H6O4/c1-14-10-7-4-3-6(9(12)13)5-8(7)11(15-2)16-10;10-4-7-2-1-6(9(12)13)3-8(7)5-11/h3-5,10-11H,1-2H3,(H,12,13);1-5H,(H,12,13). The van der Waals surface area contributed by atoms with Crippen LogP contribution in [0.5, 0.6) is 0 Å². The van der Waals surface area contributed by atoms with E-state index in [-0.39, 0.29) is 22.3 Å². The van der Waals surface area contributed by atoms with Crippen molar-refractivity contribution in [3.8, 4) is 0 Å². The minimum absolute atomic E-state index is 0.00676. The van der Waals surface area contributed by atoms with Crippen molar-refractivity contribution in [3.63, 3.8) is 0 Å². The molecule has 1 aliphatic heterocycles. The molecule has 1 heterocycles. The van der Waals surface area contributed by atoms with Gasteiger partial charge in [0.1, 0.15) is 0 Å². The van der Waals surface area contributed by atoms with Gasteiger partial charge in [0.2, 0.25) is 0 Å². The molecule has 0 radical (unpaired) electrons. The van der Waals surface area contributed by atoms with E-state index in [9.17, 15) is 19.2 Å². The van der Waals surface area contributed by atoms with Crippen LogP contribution in [0.2, 0.25) is 0 Å². The minimum atomic E-state index is -1.12. The van der Waals surface area contributed by atoms with Crippen LogP contribution in [0.1, 0.15) is 65.1 Å². The van der Waals surface area contributed by atoms with E-state index in [1.807, 2.05) is 0 Å². The number of hydrogen-bond donors (Lipinski definition) is 2. The van der Waals surface area contributed by atoms with Gasteiger partial charge in [0.05, 0.1) is 11.1 Å². The molecule has 0 aliphatic carbocycles. The molecule has 0 saturated heterocycles. The maximum Gasteiger partial charge on any atom is 0.335 e. The Kier molecular flexibility index (Phi) is 7.32. The Morgan fingerprint density at radius 2 is 1.34 bits per heavy atom. The molecule has 0 amide bonds. The van der Waals surface area contributed by atoms with Gasteiger partial charge in [0.15, 0.2) is 25.2 Å². The molecule has 2 aromatic rings. The first-order chi connectivity index (χ1) is 13.9. The molecule has 9 nitrogen and oxygen atoms in total. The molecular weight excluding hydrogens is 384 g/mol. The number of carbonyl (C=O) groups is 4. The van der Waals surface area contributed by atoms with Crippen molar-refractivity contribution in [1.82, 2.24) is 0 Å². The number of ether oxygens (including phenoxy) is 3. The molecule has 2 unspecified atom stereocenters. The quantitative estimate of drug-likeness (QED) is 0.699. The average Bonchev–Trinajstić information content (AvgIpc) is 3.10. The summed E-state index contributed by atoms with van der Waals surface area (Å²) in [4.78, 5) is 42.1. The highest BCUT2D eigenvalue weighted by molar-refractivity contribution is 5.95. The summed E-state index contributed by atoms with van der Waals surface area (Å²) in [5, 5.41) is 17.4. The summed E-state index contributed by atoms with van der Waals surface area (Å²) >= 11 is 0. The van der Waals surface area contributed by atoms with Gasteiger partial charge in [-0.1, -0.05) is 12.1 Å². The molecule has 29 heavy (non-hydrogen) atoms.